The van der Waals surface area contributed by atoms with Gasteiger partial charge in [0.15, 0.2) is 0 Å². The van der Waals surface area contributed by atoms with E-state index < -0.39 is 6.10 Å². The minimum atomic E-state index is -0.624. The number of benzene rings is 2. The second-order valence-electron chi connectivity index (χ2n) is 3.91. The molecule has 0 aromatic heterocycles. The predicted octanol–water partition coefficient (Wildman–Crippen LogP) is 3.23. The topological polar surface area (TPSA) is 46.2 Å². The zero-order valence-electron chi connectivity index (χ0n) is 9.71. The summed E-state index contributed by atoms with van der Waals surface area (Å²) in [4.78, 5) is 0.921. The van der Waals surface area contributed by atoms with Crippen LogP contribution in [0.3, 0.4) is 0 Å². The molecule has 1 atom stereocenters. The molecule has 0 aliphatic carbocycles. The van der Waals surface area contributed by atoms with Crippen LogP contribution in [0, 0.1) is 5.82 Å². The number of hydrogen-bond acceptors (Lipinski definition) is 3. The molecule has 18 heavy (non-hydrogen) atoms. The van der Waals surface area contributed by atoms with Gasteiger partial charge in [0.1, 0.15) is 5.82 Å². The van der Waals surface area contributed by atoms with E-state index in [4.69, 9.17) is 5.73 Å². The van der Waals surface area contributed by atoms with E-state index in [-0.39, 0.29) is 5.82 Å². The van der Waals surface area contributed by atoms with Gasteiger partial charge in [0.2, 0.25) is 0 Å². The van der Waals surface area contributed by atoms with E-state index in [0.29, 0.717) is 11.4 Å². The fourth-order valence-corrected chi connectivity index (χ4v) is 2.47. The summed E-state index contributed by atoms with van der Waals surface area (Å²) in [6.45, 7) is 0. The highest BCUT2D eigenvalue weighted by atomic mass is 32.2. The number of thioether (sulfide) groups is 1. The lowest BCUT2D eigenvalue weighted by Crippen LogP contribution is -2.04. The highest BCUT2D eigenvalue weighted by molar-refractivity contribution is 7.99. The first-order chi connectivity index (χ1) is 8.66. The molecule has 0 amide bonds. The van der Waals surface area contributed by atoms with Gasteiger partial charge in [0, 0.05) is 21.9 Å². The van der Waals surface area contributed by atoms with E-state index in [1.807, 2.05) is 18.2 Å². The van der Waals surface area contributed by atoms with E-state index in [0.717, 1.165) is 10.5 Å². The van der Waals surface area contributed by atoms with Gasteiger partial charge < -0.3 is 10.8 Å². The average Bonchev–Trinajstić information content (AvgIpc) is 2.38. The Kier molecular flexibility index (Phi) is 4.23. The Balaban J connectivity index is 1.98. The molecule has 0 aliphatic rings. The lowest BCUT2D eigenvalue weighted by molar-refractivity contribution is 0.205. The van der Waals surface area contributed by atoms with Crippen LogP contribution in [-0.4, -0.2) is 10.9 Å². The van der Waals surface area contributed by atoms with Gasteiger partial charge in [-0.1, -0.05) is 18.2 Å². The number of hydrogen-bond donors (Lipinski definition) is 2. The maximum Gasteiger partial charge on any atom is 0.123 e. The van der Waals surface area contributed by atoms with Crippen LogP contribution in [0.15, 0.2) is 53.4 Å². The molecular formula is C14H14FNOS. The molecular weight excluding hydrogens is 249 g/mol. The summed E-state index contributed by atoms with van der Waals surface area (Å²) < 4.78 is 12.7. The normalized spacial score (nSPS) is 12.3. The maximum atomic E-state index is 12.7. The molecule has 0 bridgehead atoms. The molecule has 3 N–H and O–H groups in total. The molecule has 1 unspecified atom stereocenters. The van der Waals surface area contributed by atoms with Crippen LogP contribution in [0.4, 0.5) is 10.1 Å². The molecule has 0 spiro atoms. The Hall–Kier alpha value is -1.52. The Morgan fingerprint density at radius 3 is 2.44 bits per heavy atom. The third-order valence-electron chi connectivity index (χ3n) is 2.58. The first kappa shape index (κ1) is 12.9. The third-order valence-corrected chi connectivity index (χ3v) is 3.66. The second kappa shape index (κ2) is 5.89. The largest absolute Gasteiger partial charge is 0.398 e. The Bertz CT molecular complexity index is 515. The van der Waals surface area contributed by atoms with Crippen molar-refractivity contribution in [3.05, 3.63) is 59.9 Å². The molecule has 94 valence electrons. The van der Waals surface area contributed by atoms with E-state index in [9.17, 15) is 9.50 Å². The van der Waals surface area contributed by atoms with Gasteiger partial charge in [-0.15, -0.1) is 11.8 Å². The van der Waals surface area contributed by atoms with Crippen LogP contribution in [0.1, 0.15) is 11.7 Å². The molecule has 0 radical (unpaired) electrons. The van der Waals surface area contributed by atoms with Crippen molar-refractivity contribution in [2.45, 2.75) is 11.0 Å². The second-order valence-corrected chi connectivity index (χ2v) is 5.00. The Morgan fingerprint density at radius 1 is 1.11 bits per heavy atom. The van der Waals surface area contributed by atoms with E-state index in [2.05, 4.69) is 0 Å². The first-order valence-corrected chi connectivity index (χ1v) is 6.56. The third kappa shape index (κ3) is 3.24. The standard InChI is InChI=1S/C14H14FNOS/c15-10-5-7-11(8-6-10)18-9-14(17)12-3-1-2-4-13(12)16/h1-8,14,17H,9,16H2. The number of nitrogens with two attached hydrogens (primary N) is 1. The quantitative estimate of drug-likeness (QED) is 0.657. The average molecular weight is 263 g/mol. The van der Waals surface area contributed by atoms with Gasteiger partial charge in [-0.2, -0.15) is 0 Å². The molecule has 2 aromatic rings. The number of anilines is 1. The summed E-state index contributed by atoms with van der Waals surface area (Å²) in [6, 6.07) is 13.5. The minimum Gasteiger partial charge on any atom is -0.398 e. The van der Waals surface area contributed by atoms with Gasteiger partial charge in [-0.25, -0.2) is 4.39 Å². The number of nitrogen functional groups attached to an aromatic ring is 1. The van der Waals surface area contributed by atoms with Crippen LogP contribution in [0.5, 0.6) is 0 Å². The van der Waals surface area contributed by atoms with Gasteiger partial charge in [-0.3, -0.25) is 0 Å². The van der Waals surface area contributed by atoms with Crippen LogP contribution < -0.4 is 5.73 Å². The molecule has 0 saturated heterocycles. The van der Waals surface area contributed by atoms with Crippen LogP contribution in [-0.2, 0) is 0 Å². The summed E-state index contributed by atoms with van der Waals surface area (Å²) >= 11 is 1.47. The predicted molar refractivity (Wildman–Crippen MR) is 72.9 cm³/mol. The zero-order valence-corrected chi connectivity index (χ0v) is 10.5. The SMILES string of the molecule is Nc1ccccc1C(O)CSc1ccc(F)cc1. The van der Waals surface area contributed by atoms with Gasteiger partial charge >= 0.3 is 0 Å². The van der Waals surface area contributed by atoms with Crippen molar-refractivity contribution in [3.63, 3.8) is 0 Å². The maximum absolute atomic E-state index is 12.7. The van der Waals surface area contributed by atoms with E-state index in [1.165, 1.54) is 23.9 Å². The number of para-hydroxylation sites is 1. The van der Waals surface area contributed by atoms with Crippen molar-refractivity contribution < 1.29 is 9.50 Å². The minimum absolute atomic E-state index is 0.257. The molecule has 0 saturated carbocycles. The van der Waals surface area contributed by atoms with E-state index >= 15 is 0 Å². The number of rotatable bonds is 4. The fraction of sp³-hybridized carbons (Fsp3) is 0.143. The van der Waals surface area contributed by atoms with Gasteiger partial charge in [0.25, 0.3) is 0 Å². The summed E-state index contributed by atoms with van der Waals surface area (Å²) in [6.07, 6.45) is -0.624. The van der Waals surface area contributed by atoms with Crippen molar-refractivity contribution >= 4 is 17.4 Å². The number of halogens is 1. The van der Waals surface area contributed by atoms with Crippen molar-refractivity contribution in [1.29, 1.82) is 0 Å². The molecule has 2 rings (SSSR count). The van der Waals surface area contributed by atoms with Gasteiger partial charge in [0.05, 0.1) is 6.10 Å². The highest BCUT2D eigenvalue weighted by Gasteiger charge is 2.10. The summed E-state index contributed by atoms with van der Waals surface area (Å²) in [5.41, 5.74) is 7.11. The number of aliphatic hydroxyl groups excluding tert-OH is 1. The van der Waals surface area contributed by atoms with Crippen LogP contribution >= 0.6 is 11.8 Å². The monoisotopic (exact) mass is 263 g/mol. The molecule has 2 nitrogen and oxygen atoms in total. The highest BCUT2D eigenvalue weighted by Crippen LogP contribution is 2.27. The molecule has 2 aromatic carbocycles. The fourth-order valence-electron chi connectivity index (χ4n) is 1.61. The Morgan fingerprint density at radius 2 is 1.78 bits per heavy atom. The Labute approximate surface area is 110 Å². The zero-order chi connectivity index (χ0) is 13.0. The number of aliphatic hydroxyl groups is 1. The van der Waals surface area contributed by atoms with Crippen molar-refractivity contribution in [2.75, 3.05) is 11.5 Å². The van der Waals surface area contributed by atoms with Crippen molar-refractivity contribution in [2.24, 2.45) is 0 Å². The van der Waals surface area contributed by atoms with Gasteiger partial charge in [-0.05, 0) is 30.3 Å². The molecule has 0 heterocycles. The summed E-state index contributed by atoms with van der Waals surface area (Å²) in [5.74, 6) is 0.229. The summed E-state index contributed by atoms with van der Waals surface area (Å²) in [7, 11) is 0. The van der Waals surface area contributed by atoms with Crippen LogP contribution in [0.25, 0.3) is 0 Å². The van der Waals surface area contributed by atoms with Crippen LogP contribution in [0.2, 0.25) is 0 Å². The van der Waals surface area contributed by atoms with E-state index in [1.54, 1.807) is 18.2 Å². The first-order valence-electron chi connectivity index (χ1n) is 5.57. The molecule has 0 aliphatic heterocycles. The lowest BCUT2D eigenvalue weighted by Gasteiger charge is -2.12. The summed E-state index contributed by atoms with van der Waals surface area (Å²) in [5, 5.41) is 10.0. The van der Waals surface area contributed by atoms with Crippen molar-refractivity contribution in [1.82, 2.24) is 0 Å². The molecule has 4 heteroatoms. The smallest absolute Gasteiger partial charge is 0.123 e. The molecule has 0 fully saturated rings. The van der Waals surface area contributed by atoms with Crippen molar-refractivity contribution in [3.8, 4) is 0 Å². The lowest BCUT2D eigenvalue weighted by atomic mass is 10.1.